The number of halogens is 4. The van der Waals surface area contributed by atoms with Crippen LogP contribution in [-0.2, 0) is 6.18 Å². The minimum absolute atomic E-state index is 0.0118. The number of benzene rings is 2. The molecule has 0 amide bonds. The van der Waals surface area contributed by atoms with Crippen LogP contribution in [0, 0.1) is 0 Å². The molecular weight excluding hydrogens is 381 g/mol. The number of hydrogen-bond donors (Lipinski definition) is 2. The first kappa shape index (κ1) is 18.8. The first-order chi connectivity index (χ1) is 12.8. The number of rotatable bonds is 5. The number of ether oxygens (including phenoxy) is 1. The van der Waals surface area contributed by atoms with Crippen molar-refractivity contribution in [2.45, 2.75) is 6.18 Å². The summed E-state index contributed by atoms with van der Waals surface area (Å²) in [5, 5.41) is 5.90. The van der Waals surface area contributed by atoms with Crippen LogP contribution in [0.15, 0.2) is 54.7 Å². The Morgan fingerprint density at radius 3 is 2.37 bits per heavy atom. The lowest BCUT2D eigenvalue weighted by atomic mass is 10.2. The average molecular weight is 395 g/mol. The average Bonchev–Trinajstić information content (AvgIpc) is 2.61. The highest BCUT2D eigenvalue weighted by Crippen LogP contribution is 2.35. The largest absolute Gasteiger partial charge is 0.497 e. The molecule has 2 N–H and O–H groups in total. The van der Waals surface area contributed by atoms with E-state index in [2.05, 4.69) is 20.6 Å². The number of alkyl halides is 3. The molecule has 0 fully saturated rings. The van der Waals surface area contributed by atoms with Crippen LogP contribution in [-0.4, -0.2) is 17.1 Å². The first-order valence-electron chi connectivity index (χ1n) is 7.73. The summed E-state index contributed by atoms with van der Waals surface area (Å²) in [6.45, 7) is 0. The maximum Gasteiger partial charge on any atom is 0.421 e. The van der Waals surface area contributed by atoms with Gasteiger partial charge in [0, 0.05) is 22.6 Å². The molecule has 0 atom stereocenters. The Morgan fingerprint density at radius 1 is 1.00 bits per heavy atom. The summed E-state index contributed by atoms with van der Waals surface area (Å²) in [5.41, 5.74) is -0.00545. The lowest BCUT2D eigenvalue weighted by Gasteiger charge is -2.15. The number of nitrogens with one attached hydrogen (secondary N) is 2. The van der Waals surface area contributed by atoms with Crippen LogP contribution < -0.4 is 15.4 Å². The van der Waals surface area contributed by atoms with E-state index in [0.29, 0.717) is 22.1 Å². The predicted octanol–water partition coefficient (Wildman–Crippen LogP) is 5.64. The Kier molecular flexibility index (Phi) is 5.36. The van der Waals surface area contributed by atoms with Gasteiger partial charge < -0.3 is 15.4 Å². The Morgan fingerprint density at radius 2 is 1.74 bits per heavy atom. The molecule has 3 rings (SSSR count). The van der Waals surface area contributed by atoms with Crippen LogP contribution in [0.5, 0.6) is 5.75 Å². The topological polar surface area (TPSA) is 59.1 Å². The molecule has 140 valence electrons. The van der Waals surface area contributed by atoms with E-state index in [1.807, 2.05) is 0 Å². The van der Waals surface area contributed by atoms with Crippen molar-refractivity contribution in [3.8, 4) is 5.75 Å². The fourth-order valence-corrected chi connectivity index (χ4v) is 2.44. The molecule has 27 heavy (non-hydrogen) atoms. The maximum atomic E-state index is 13.3. The normalized spacial score (nSPS) is 11.1. The number of aromatic nitrogens is 2. The molecule has 0 radical (unpaired) electrons. The lowest BCUT2D eigenvalue weighted by molar-refractivity contribution is -0.137. The Balaban J connectivity index is 1.92. The van der Waals surface area contributed by atoms with Gasteiger partial charge in [-0.2, -0.15) is 18.2 Å². The standard InChI is InChI=1S/C18H14ClF3N4O/c1-27-14-7-5-12(6-8-14)25-17-23-10-15(18(20,21)22)16(26-17)24-13-4-2-3-11(19)9-13/h2-10H,1H3,(H2,23,24,25,26). The Labute approximate surface area is 158 Å². The van der Waals surface area contributed by atoms with Crippen LogP contribution in [0.2, 0.25) is 5.02 Å². The SMILES string of the molecule is COc1ccc(Nc2ncc(C(F)(F)F)c(Nc3cccc(Cl)c3)n2)cc1. The summed E-state index contributed by atoms with van der Waals surface area (Å²) >= 11 is 5.89. The van der Waals surface area contributed by atoms with Crippen molar-refractivity contribution < 1.29 is 17.9 Å². The van der Waals surface area contributed by atoms with E-state index >= 15 is 0 Å². The van der Waals surface area contributed by atoms with Crippen LogP contribution in [0.1, 0.15) is 5.56 Å². The van der Waals surface area contributed by atoms with Crippen molar-refractivity contribution in [3.63, 3.8) is 0 Å². The van der Waals surface area contributed by atoms with Gasteiger partial charge in [-0.3, -0.25) is 0 Å². The van der Waals surface area contributed by atoms with Gasteiger partial charge in [0.1, 0.15) is 17.1 Å². The van der Waals surface area contributed by atoms with E-state index in [1.54, 1.807) is 42.5 Å². The second-order valence-corrected chi connectivity index (χ2v) is 5.88. The number of nitrogens with zero attached hydrogens (tertiary/aromatic N) is 2. The van der Waals surface area contributed by atoms with Crippen molar-refractivity contribution >= 4 is 34.7 Å². The van der Waals surface area contributed by atoms with Gasteiger partial charge >= 0.3 is 6.18 Å². The molecule has 1 heterocycles. The molecule has 2 aromatic carbocycles. The minimum Gasteiger partial charge on any atom is -0.497 e. The van der Waals surface area contributed by atoms with Gasteiger partial charge in [-0.1, -0.05) is 17.7 Å². The number of methoxy groups -OCH3 is 1. The monoisotopic (exact) mass is 394 g/mol. The summed E-state index contributed by atoms with van der Waals surface area (Å²) in [6.07, 6.45) is -3.88. The number of anilines is 4. The highest BCUT2D eigenvalue weighted by Gasteiger charge is 2.35. The van der Waals surface area contributed by atoms with Crippen molar-refractivity contribution in [2.75, 3.05) is 17.7 Å². The van der Waals surface area contributed by atoms with E-state index in [-0.39, 0.29) is 11.8 Å². The Bertz CT molecular complexity index is 933. The highest BCUT2D eigenvalue weighted by molar-refractivity contribution is 6.30. The molecule has 9 heteroatoms. The van der Waals surface area contributed by atoms with Gasteiger partial charge in [0.2, 0.25) is 5.95 Å². The third-order valence-electron chi connectivity index (χ3n) is 3.53. The Hall–Kier alpha value is -3.00. The minimum atomic E-state index is -4.61. The van der Waals surface area contributed by atoms with Crippen molar-refractivity contribution in [3.05, 3.63) is 65.3 Å². The second-order valence-electron chi connectivity index (χ2n) is 5.44. The third kappa shape index (κ3) is 4.79. The van der Waals surface area contributed by atoms with Gasteiger partial charge in [0.25, 0.3) is 0 Å². The van der Waals surface area contributed by atoms with Crippen molar-refractivity contribution in [2.24, 2.45) is 0 Å². The van der Waals surface area contributed by atoms with Crippen molar-refractivity contribution in [1.29, 1.82) is 0 Å². The van der Waals surface area contributed by atoms with Gasteiger partial charge in [-0.25, -0.2) is 4.98 Å². The van der Waals surface area contributed by atoms with Gasteiger partial charge in [-0.05, 0) is 42.5 Å². The number of hydrogen-bond acceptors (Lipinski definition) is 5. The van der Waals surface area contributed by atoms with Crippen LogP contribution >= 0.6 is 11.6 Å². The van der Waals surface area contributed by atoms with Crippen molar-refractivity contribution in [1.82, 2.24) is 9.97 Å². The summed E-state index contributed by atoms with van der Waals surface area (Å²) in [5.74, 6) is 0.283. The van der Waals surface area contributed by atoms with E-state index in [1.165, 1.54) is 13.2 Å². The quantitative estimate of drug-likeness (QED) is 0.586. The summed E-state index contributed by atoms with van der Waals surface area (Å²) in [7, 11) is 1.54. The van der Waals surface area contributed by atoms with E-state index < -0.39 is 11.7 Å². The molecule has 0 unspecified atom stereocenters. The second kappa shape index (κ2) is 7.71. The smallest absolute Gasteiger partial charge is 0.421 e. The molecule has 0 bridgehead atoms. The summed E-state index contributed by atoms with van der Waals surface area (Å²) in [6, 6.07) is 13.1. The zero-order valence-corrected chi connectivity index (χ0v) is 14.8. The van der Waals surface area contributed by atoms with E-state index in [4.69, 9.17) is 16.3 Å². The van der Waals surface area contributed by atoms with Crippen LogP contribution in [0.25, 0.3) is 0 Å². The van der Waals surface area contributed by atoms with Gasteiger partial charge in [-0.15, -0.1) is 0 Å². The van der Waals surface area contributed by atoms with E-state index in [0.717, 1.165) is 6.20 Å². The molecule has 1 aromatic heterocycles. The van der Waals surface area contributed by atoms with Gasteiger partial charge in [0.05, 0.1) is 7.11 Å². The molecule has 0 saturated heterocycles. The third-order valence-corrected chi connectivity index (χ3v) is 3.76. The van der Waals surface area contributed by atoms with Crippen LogP contribution in [0.4, 0.5) is 36.3 Å². The molecule has 0 saturated carbocycles. The molecule has 5 nitrogen and oxygen atoms in total. The summed E-state index contributed by atoms with van der Waals surface area (Å²) < 4.78 is 44.9. The first-order valence-corrected chi connectivity index (χ1v) is 8.11. The molecule has 0 aliphatic rings. The predicted molar refractivity (Wildman–Crippen MR) is 98.0 cm³/mol. The zero-order valence-electron chi connectivity index (χ0n) is 14.0. The fraction of sp³-hybridized carbons (Fsp3) is 0.111. The maximum absolute atomic E-state index is 13.3. The molecular formula is C18H14ClF3N4O. The van der Waals surface area contributed by atoms with Gasteiger partial charge in [0.15, 0.2) is 0 Å². The highest BCUT2D eigenvalue weighted by atomic mass is 35.5. The lowest BCUT2D eigenvalue weighted by Crippen LogP contribution is -2.12. The molecule has 0 aliphatic heterocycles. The molecule has 0 aliphatic carbocycles. The zero-order chi connectivity index (χ0) is 19.4. The van der Waals surface area contributed by atoms with Crippen LogP contribution in [0.3, 0.4) is 0 Å². The molecule has 3 aromatic rings. The summed E-state index contributed by atoms with van der Waals surface area (Å²) in [4.78, 5) is 7.74. The van der Waals surface area contributed by atoms with E-state index in [9.17, 15) is 13.2 Å². The molecule has 0 spiro atoms. The fourth-order valence-electron chi connectivity index (χ4n) is 2.25.